The van der Waals surface area contributed by atoms with Crippen LogP contribution in [-0.4, -0.2) is 55.9 Å². The van der Waals surface area contributed by atoms with Crippen LogP contribution in [0.3, 0.4) is 0 Å². The first-order valence-electron chi connectivity index (χ1n) is 11.5. The second kappa shape index (κ2) is 9.55. The maximum Gasteiger partial charge on any atom is 0.279 e. The summed E-state index contributed by atoms with van der Waals surface area (Å²) < 4.78 is 8.67. The van der Waals surface area contributed by atoms with Crippen LogP contribution in [-0.2, 0) is 4.74 Å². The van der Waals surface area contributed by atoms with E-state index in [0.717, 1.165) is 12.8 Å². The fourth-order valence-electron chi connectivity index (χ4n) is 4.06. The molecular weight excluding hydrogens is 448 g/mol. The van der Waals surface area contributed by atoms with Gasteiger partial charge in [-0.15, -0.1) is 0 Å². The maximum absolute atomic E-state index is 13.1. The summed E-state index contributed by atoms with van der Waals surface area (Å²) in [6, 6.07) is 10.5. The largest absolute Gasteiger partial charge is 0.376 e. The molecule has 1 aliphatic carbocycles. The predicted molar refractivity (Wildman–Crippen MR) is 132 cm³/mol. The van der Waals surface area contributed by atoms with E-state index in [1.165, 1.54) is 10.8 Å². The monoisotopic (exact) mass is 474 g/mol. The average Bonchev–Trinajstić information content (AvgIpc) is 3.30. The van der Waals surface area contributed by atoms with Crippen molar-refractivity contribution in [3.63, 3.8) is 0 Å². The van der Waals surface area contributed by atoms with Gasteiger partial charge in [-0.3, -0.25) is 14.2 Å². The molecule has 1 amide bonds. The maximum atomic E-state index is 13.1. The van der Waals surface area contributed by atoms with Gasteiger partial charge in [0.1, 0.15) is 28.7 Å². The zero-order valence-corrected chi connectivity index (χ0v) is 19.4. The highest BCUT2D eigenvalue weighted by Gasteiger charge is 2.33. The summed E-state index contributed by atoms with van der Waals surface area (Å²) in [5, 5.41) is 13.5. The zero-order chi connectivity index (χ0) is 24.4. The Morgan fingerprint density at radius 2 is 2.11 bits per heavy atom. The number of aromatic nitrogens is 5. The van der Waals surface area contributed by atoms with Gasteiger partial charge in [0.15, 0.2) is 5.65 Å². The van der Waals surface area contributed by atoms with Crippen molar-refractivity contribution in [2.24, 2.45) is 0 Å². The van der Waals surface area contributed by atoms with Crippen LogP contribution in [0, 0.1) is 0 Å². The summed E-state index contributed by atoms with van der Waals surface area (Å²) >= 11 is 0. The third kappa shape index (κ3) is 4.33. The van der Waals surface area contributed by atoms with Crippen LogP contribution in [0.15, 0.2) is 59.8 Å². The van der Waals surface area contributed by atoms with Crippen molar-refractivity contribution in [1.82, 2.24) is 29.5 Å². The van der Waals surface area contributed by atoms with Gasteiger partial charge in [-0.2, -0.15) is 9.61 Å². The number of hydrogen-bond donors (Lipinski definition) is 3. The quantitative estimate of drug-likeness (QED) is 0.355. The average molecular weight is 475 g/mol. The van der Waals surface area contributed by atoms with E-state index in [9.17, 15) is 9.59 Å². The minimum Gasteiger partial charge on any atom is -0.376 e. The van der Waals surface area contributed by atoms with Gasteiger partial charge in [-0.25, -0.2) is 9.97 Å². The summed E-state index contributed by atoms with van der Waals surface area (Å²) in [6.45, 7) is 2.55. The number of pyridine rings is 2. The van der Waals surface area contributed by atoms with Crippen molar-refractivity contribution in [3.05, 3.63) is 70.9 Å². The molecule has 0 unspecified atom stereocenters. The predicted octanol–water partition coefficient (Wildman–Crippen LogP) is 2.36. The van der Waals surface area contributed by atoms with Crippen molar-refractivity contribution in [2.45, 2.75) is 31.9 Å². The number of fused-ring (bicyclic) bond motifs is 1. The second-order valence-electron chi connectivity index (χ2n) is 8.13. The number of rotatable bonds is 8. The number of hydrogen-bond acceptors (Lipinski definition) is 8. The molecule has 5 rings (SSSR count). The smallest absolute Gasteiger partial charge is 0.279 e. The topological polar surface area (TPSA) is 127 Å². The van der Waals surface area contributed by atoms with Gasteiger partial charge in [-0.1, -0.05) is 6.07 Å². The van der Waals surface area contributed by atoms with E-state index in [1.54, 1.807) is 54.3 Å². The molecule has 4 aromatic heterocycles. The number of carbonyl (C=O) groups is 1. The third-order valence-corrected chi connectivity index (χ3v) is 5.99. The molecule has 11 heteroatoms. The van der Waals surface area contributed by atoms with Crippen LogP contribution in [0.5, 0.6) is 0 Å². The Kier molecular flexibility index (Phi) is 6.15. The normalized spacial score (nSPS) is 17.1. The van der Waals surface area contributed by atoms with Crippen molar-refractivity contribution < 1.29 is 9.53 Å². The SMILES string of the molecule is CCO[C@H]1CC[C@@H]1NC(=O)c1cnn2c(NC)cc(Nc3cccn(-c4ccccn4)c3=O)nc12. The molecule has 35 heavy (non-hydrogen) atoms. The standard InChI is InChI=1S/C24H26N8O3/c1-3-35-18-10-9-16(18)29-23(33)15-14-27-32-21(25-2)13-19(30-22(15)32)28-17-7-6-12-31(24(17)34)20-8-4-5-11-26-20/h4-8,11-14,16,18,25H,3,9-10H2,1-2H3,(H,28,30)(H,29,33)/t16-,18-/m0/s1. The number of carbonyl (C=O) groups excluding carboxylic acids is 1. The Balaban J connectivity index is 1.46. The van der Waals surface area contributed by atoms with Crippen molar-refractivity contribution in [3.8, 4) is 5.82 Å². The molecule has 4 aromatic rings. The molecule has 0 aliphatic heterocycles. The van der Waals surface area contributed by atoms with Crippen LogP contribution in [0.1, 0.15) is 30.1 Å². The summed E-state index contributed by atoms with van der Waals surface area (Å²) in [7, 11) is 1.75. The lowest BCUT2D eigenvalue weighted by molar-refractivity contribution is -0.0180. The molecule has 4 heterocycles. The minimum atomic E-state index is -0.280. The Labute approximate surface area is 201 Å². The van der Waals surface area contributed by atoms with Gasteiger partial charge in [0.05, 0.1) is 18.3 Å². The lowest BCUT2D eigenvalue weighted by Gasteiger charge is -2.36. The van der Waals surface area contributed by atoms with E-state index in [4.69, 9.17) is 4.74 Å². The van der Waals surface area contributed by atoms with Crippen LogP contribution in [0.2, 0.25) is 0 Å². The highest BCUT2D eigenvalue weighted by Crippen LogP contribution is 2.25. The molecule has 1 saturated carbocycles. The van der Waals surface area contributed by atoms with Crippen LogP contribution in [0.25, 0.3) is 11.5 Å². The first-order chi connectivity index (χ1) is 17.1. The van der Waals surface area contributed by atoms with Gasteiger partial charge >= 0.3 is 0 Å². The molecule has 0 bridgehead atoms. The van der Waals surface area contributed by atoms with Gasteiger partial charge in [0.2, 0.25) is 0 Å². The zero-order valence-electron chi connectivity index (χ0n) is 19.4. The summed E-state index contributed by atoms with van der Waals surface area (Å²) in [5.74, 6) is 1.24. The highest BCUT2D eigenvalue weighted by atomic mass is 16.5. The van der Waals surface area contributed by atoms with Gasteiger partial charge in [-0.05, 0) is 44.0 Å². The Morgan fingerprint density at radius 1 is 1.23 bits per heavy atom. The molecule has 180 valence electrons. The molecule has 0 spiro atoms. The summed E-state index contributed by atoms with van der Waals surface area (Å²) in [4.78, 5) is 35.0. The van der Waals surface area contributed by atoms with E-state index in [-0.39, 0.29) is 23.6 Å². The second-order valence-corrected chi connectivity index (χ2v) is 8.13. The van der Waals surface area contributed by atoms with Crippen molar-refractivity contribution >= 4 is 28.9 Å². The Hall–Kier alpha value is -4.25. The van der Waals surface area contributed by atoms with Gasteiger partial charge in [0, 0.05) is 32.1 Å². The number of nitrogens with zero attached hydrogens (tertiary/aromatic N) is 5. The lowest BCUT2D eigenvalue weighted by Crippen LogP contribution is -2.51. The minimum absolute atomic E-state index is 0.0307. The molecule has 3 N–H and O–H groups in total. The van der Waals surface area contributed by atoms with Crippen LogP contribution < -0.4 is 21.5 Å². The van der Waals surface area contributed by atoms with Gasteiger partial charge in [0.25, 0.3) is 11.5 Å². The number of ether oxygens (including phenoxy) is 1. The fourth-order valence-corrected chi connectivity index (χ4v) is 4.06. The fraction of sp³-hybridized carbons (Fsp3) is 0.292. The van der Waals surface area contributed by atoms with E-state index < -0.39 is 0 Å². The Morgan fingerprint density at radius 3 is 2.83 bits per heavy atom. The number of anilines is 3. The van der Waals surface area contributed by atoms with Crippen molar-refractivity contribution in [1.29, 1.82) is 0 Å². The lowest BCUT2D eigenvalue weighted by atomic mass is 9.89. The molecule has 1 fully saturated rings. The van der Waals surface area contributed by atoms with Crippen LogP contribution >= 0.6 is 0 Å². The first-order valence-corrected chi connectivity index (χ1v) is 11.5. The van der Waals surface area contributed by atoms with Crippen molar-refractivity contribution in [2.75, 3.05) is 24.3 Å². The summed E-state index contributed by atoms with van der Waals surface area (Å²) in [5.41, 5.74) is 0.741. The summed E-state index contributed by atoms with van der Waals surface area (Å²) in [6.07, 6.45) is 6.60. The van der Waals surface area contributed by atoms with Crippen LogP contribution in [0.4, 0.5) is 17.3 Å². The van der Waals surface area contributed by atoms with E-state index in [2.05, 4.69) is 31.0 Å². The Bertz CT molecular complexity index is 1420. The molecule has 0 radical (unpaired) electrons. The molecule has 2 atom stereocenters. The molecule has 11 nitrogen and oxygen atoms in total. The highest BCUT2D eigenvalue weighted by molar-refractivity contribution is 6.00. The van der Waals surface area contributed by atoms with Gasteiger partial charge < -0.3 is 20.7 Å². The van der Waals surface area contributed by atoms with E-state index >= 15 is 0 Å². The number of amides is 1. The van der Waals surface area contributed by atoms with E-state index in [1.807, 2.05) is 13.0 Å². The molecular formula is C24H26N8O3. The molecule has 0 aromatic carbocycles. The number of nitrogens with one attached hydrogen (secondary N) is 3. The molecule has 1 aliphatic rings. The van der Waals surface area contributed by atoms with E-state index in [0.29, 0.717) is 41.0 Å². The third-order valence-electron chi connectivity index (χ3n) is 5.99. The first kappa shape index (κ1) is 22.5. The molecule has 0 saturated heterocycles.